The predicted molar refractivity (Wildman–Crippen MR) is 20.6 cm³/mol. The van der Waals surface area contributed by atoms with Crippen molar-refractivity contribution in [3.63, 3.8) is 0 Å². The van der Waals surface area contributed by atoms with Crippen LogP contribution >= 0.6 is 0 Å². The van der Waals surface area contributed by atoms with Gasteiger partial charge in [-0.15, -0.1) is 20.6 Å². The van der Waals surface area contributed by atoms with Gasteiger partial charge in [0.25, 0.3) is 5.55 Å². The summed E-state index contributed by atoms with van der Waals surface area (Å²) in [5, 5.41) is 13.2. The van der Waals surface area contributed by atoms with Crippen LogP contribution in [0, 0.1) is 17.1 Å². The Morgan fingerprint density at radius 2 is 2.50 bits per heavy atom. The van der Waals surface area contributed by atoms with Gasteiger partial charge in [0.15, 0.2) is 5.35 Å². The van der Waals surface area contributed by atoms with Gasteiger partial charge < -0.3 is 4.52 Å². The van der Waals surface area contributed by atoms with Crippen LogP contribution in [0.4, 0.5) is 0 Å². The van der Waals surface area contributed by atoms with Gasteiger partial charge in [-0.2, -0.15) is 0 Å². The average Bonchev–Trinajstić information content (AvgIpc) is 1.72. The van der Waals surface area contributed by atoms with Crippen LogP contribution in [0.1, 0.15) is 0 Å². The van der Waals surface area contributed by atoms with Crippen molar-refractivity contribution in [1.82, 2.24) is 20.6 Å². The molecule has 0 amide bonds. The molecular weight excluding hydrogens is 108 g/mol. The third-order valence-corrected chi connectivity index (χ3v) is 0.793. The number of rotatable bonds is 0. The van der Waals surface area contributed by atoms with Crippen LogP contribution in [0.25, 0.3) is 0 Å². The maximum atomic E-state index is 4.62. The quantitative estimate of drug-likeness (QED) is 0.486. The van der Waals surface area contributed by atoms with Gasteiger partial charge in [-0.25, -0.2) is 0 Å². The Kier molecular flexibility index (Phi) is 0.476. The molecule has 0 unspecified atom stereocenters. The largest absolute Gasteiger partial charge is 0.341 e. The van der Waals surface area contributed by atoms with Gasteiger partial charge in [-0.1, -0.05) is 0 Å². The molecule has 0 aliphatic carbocycles. The molecule has 0 aromatic carbocycles. The van der Waals surface area contributed by atoms with Gasteiger partial charge in [0, 0.05) is 0 Å². The minimum atomic E-state index is 0.458. The summed E-state index contributed by atoms with van der Waals surface area (Å²) in [6.45, 7) is 0. The van der Waals surface area contributed by atoms with Crippen molar-refractivity contribution in [1.29, 1.82) is 0 Å². The highest BCUT2D eigenvalue weighted by Crippen LogP contribution is 1.84. The van der Waals surface area contributed by atoms with E-state index in [9.17, 15) is 0 Å². The Morgan fingerprint density at radius 1 is 1.50 bits per heavy atom. The lowest BCUT2D eigenvalue weighted by Gasteiger charge is -1.86. The highest BCUT2D eigenvalue weighted by molar-refractivity contribution is 4.75. The Bertz CT molecular complexity index is 289. The molecule has 1 N–H and O–H groups in total. The molecular formula is C3HN4O. The van der Waals surface area contributed by atoms with E-state index in [0.29, 0.717) is 10.9 Å². The van der Waals surface area contributed by atoms with Crippen molar-refractivity contribution >= 4 is 0 Å². The second-order valence-corrected chi connectivity index (χ2v) is 1.27. The summed E-state index contributed by atoms with van der Waals surface area (Å²) >= 11 is 0. The third kappa shape index (κ3) is 0.281. The molecule has 2 rings (SSSR count). The molecule has 0 atom stereocenters. The van der Waals surface area contributed by atoms with Crippen molar-refractivity contribution in [2.75, 3.05) is 0 Å². The molecule has 5 nitrogen and oxygen atoms in total. The normalized spacial score (nSPS) is 10.5. The molecule has 39 valence electrons. The van der Waals surface area contributed by atoms with E-state index in [1.165, 1.54) is 0 Å². The van der Waals surface area contributed by atoms with E-state index < -0.39 is 0 Å². The van der Waals surface area contributed by atoms with Gasteiger partial charge in [0.05, 0.1) is 0 Å². The van der Waals surface area contributed by atoms with E-state index in [1.54, 1.807) is 0 Å². The summed E-state index contributed by atoms with van der Waals surface area (Å²) < 4.78 is 4.62. The van der Waals surface area contributed by atoms with Gasteiger partial charge in [0.1, 0.15) is 6.20 Å². The van der Waals surface area contributed by atoms with Gasteiger partial charge in [-0.3, -0.25) is 0 Å². The van der Waals surface area contributed by atoms with Crippen LogP contribution in [-0.2, 0) is 0 Å². The van der Waals surface area contributed by atoms with Gasteiger partial charge >= 0.3 is 0 Å². The second-order valence-electron chi connectivity index (χ2n) is 1.27. The molecule has 0 saturated carbocycles. The second kappa shape index (κ2) is 1.06. The Morgan fingerprint density at radius 3 is 2.88 bits per heavy atom. The fourth-order valence-corrected chi connectivity index (χ4v) is 0.422. The number of aromatic amines is 1. The lowest BCUT2D eigenvalue weighted by molar-refractivity contribution is 0.306. The van der Waals surface area contributed by atoms with Crippen molar-refractivity contribution in [3.8, 4) is 0 Å². The highest BCUT2D eigenvalue weighted by atomic mass is 16.5. The van der Waals surface area contributed by atoms with Crippen LogP contribution in [0.15, 0.2) is 4.52 Å². The minimum Gasteiger partial charge on any atom is -0.341 e. The van der Waals surface area contributed by atoms with Gasteiger partial charge in [-0.05, 0) is 0 Å². The molecule has 8 heavy (non-hydrogen) atoms. The van der Waals surface area contributed by atoms with E-state index in [0.717, 1.165) is 0 Å². The number of hydrogen-bond donors (Lipinski definition) is 1. The van der Waals surface area contributed by atoms with Crippen LogP contribution in [0.3, 0.4) is 0 Å². The standard InChI is InChI=1S/C3HN4O/c1-2-3(6-5-2)8-7-4-1/h7H. The van der Waals surface area contributed by atoms with E-state index in [1.807, 2.05) is 0 Å². The summed E-state index contributed by atoms with van der Waals surface area (Å²) in [6.07, 6.45) is 2.53. The molecule has 0 fully saturated rings. The molecule has 0 saturated heterocycles. The SMILES string of the molecule is [c]1n[nH]oc2nnc1=2. The molecule has 2 heterocycles. The Balaban J connectivity index is 3.06. The molecule has 2 aliphatic rings. The molecule has 2 aliphatic heterocycles. The molecule has 0 spiro atoms. The smallest absolute Gasteiger partial charge is 0.296 e. The number of aromatic nitrogens is 4. The third-order valence-electron chi connectivity index (χ3n) is 0.793. The first-order chi connectivity index (χ1) is 3.97. The molecule has 5 heteroatoms. The molecule has 0 bridgehead atoms. The summed E-state index contributed by atoms with van der Waals surface area (Å²) in [5.74, 6) is 0. The van der Waals surface area contributed by atoms with E-state index in [4.69, 9.17) is 0 Å². The lowest BCUT2D eigenvalue weighted by Crippen LogP contribution is -1.96. The van der Waals surface area contributed by atoms with Crippen LogP contribution in [-0.4, -0.2) is 20.6 Å². The number of H-pyrrole nitrogens is 1. The maximum absolute atomic E-state index is 4.62. The summed E-state index contributed by atoms with van der Waals surface area (Å²) in [7, 11) is 0. The van der Waals surface area contributed by atoms with Crippen molar-refractivity contribution in [3.05, 3.63) is 17.1 Å². The minimum absolute atomic E-state index is 0.458. The maximum Gasteiger partial charge on any atom is 0.296 e. The van der Waals surface area contributed by atoms with E-state index in [-0.39, 0.29) is 0 Å². The topological polar surface area (TPSA) is 67.6 Å². The zero-order valence-electron chi connectivity index (χ0n) is 3.75. The van der Waals surface area contributed by atoms with Crippen molar-refractivity contribution in [2.45, 2.75) is 0 Å². The Hall–Kier alpha value is -1.39. The number of hydrogen-bond acceptors (Lipinski definition) is 4. The Labute approximate surface area is 43.3 Å². The first-order valence-corrected chi connectivity index (χ1v) is 2.00. The van der Waals surface area contributed by atoms with Gasteiger partial charge in [0.2, 0.25) is 0 Å². The number of nitrogens with one attached hydrogen (secondary N) is 1. The average molecular weight is 109 g/mol. The van der Waals surface area contributed by atoms with Crippen LogP contribution in [0.2, 0.25) is 0 Å². The van der Waals surface area contributed by atoms with Crippen molar-refractivity contribution in [2.24, 2.45) is 0 Å². The van der Waals surface area contributed by atoms with E-state index in [2.05, 4.69) is 31.3 Å². The zero-order chi connectivity index (χ0) is 5.40. The summed E-state index contributed by atoms with van der Waals surface area (Å²) in [6, 6.07) is 0. The highest BCUT2D eigenvalue weighted by Gasteiger charge is 1.94. The molecule has 0 aromatic rings. The predicted octanol–water partition coefficient (Wildman–Crippen LogP) is -0.682. The first kappa shape index (κ1) is 3.59. The monoisotopic (exact) mass is 109 g/mol. The fraction of sp³-hybridized carbons (Fsp3) is 0. The number of nitrogens with zero attached hydrogens (tertiary/aromatic N) is 3. The van der Waals surface area contributed by atoms with E-state index >= 15 is 0 Å². The molecule has 1 radical (unpaired) electrons. The molecule has 0 aromatic heterocycles. The van der Waals surface area contributed by atoms with Crippen molar-refractivity contribution < 1.29 is 4.52 Å². The lowest BCUT2D eigenvalue weighted by atomic mass is 10.6. The summed E-state index contributed by atoms with van der Waals surface area (Å²) in [5.41, 5.74) is 0.458. The summed E-state index contributed by atoms with van der Waals surface area (Å²) in [4.78, 5) is 0. The first-order valence-electron chi connectivity index (χ1n) is 2.00. The fourth-order valence-electron chi connectivity index (χ4n) is 0.422. The van der Waals surface area contributed by atoms with Crippen LogP contribution in [0.5, 0.6) is 0 Å². The zero-order valence-corrected chi connectivity index (χ0v) is 3.75. The van der Waals surface area contributed by atoms with Crippen LogP contribution < -0.4 is 0 Å².